The molecule has 5 rings (SSSR count). The zero-order valence-electron chi connectivity index (χ0n) is 28.7. The van der Waals surface area contributed by atoms with Gasteiger partial charge in [-0.25, -0.2) is 0 Å². The van der Waals surface area contributed by atoms with Crippen LogP contribution in [0.1, 0.15) is 97.1 Å². The highest BCUT2D eigenvalue weighted by Gasteiger charge is 2.19. The largest absolute Gasteiger partial charge is 0.466 e. The molecule has 0 saturated carbocycles. The summed E-state index contributed by atoms with van der Waals surface area (Å²) < 4.78 is 7.17. The van der Waals surface area contributed by atoms with Crippen LogP contribution in [0.4, 0.5) is 0 Å². The lowest BCUT2D eigenvalue weighted by atomic mass is 9.84. The Bertz CT molecular complexity index is 1710. The van der Waals surface area contributed by atoms with Crippen LogP contribution in [0.25, 0.3) is 10.9 Å². The molecular formula is C43H49NO3. The van der Waals surface area contributed by atoms with Crippen LogP contribution in [0.2, 0.25) is 0 Å². The molecule has 0 aliphatic carbocycles. The first-order valence-corrected chi connectivity index (χ1v) is 17.3. The molecule has 0 saturated heterocycles. The fourth-order valence-electron chi connectivity index (χ4n) is 6.57. The Labute approximate surface area is 280 Å². The third-order valence-electron chi connectivity index (χ3n) is 8.83. The molecule has 4 heteroatoms. The average Bonchev–Trinajstić information content (AvgIpc) is 3.43. The van der Waals surface area contributed by atoms with E-state index >= 15 is 0 Å². The Kier molecular flexibility index (Phi) is 11.5. The van der Waals surface area contributed by atoms with Gasteiger partial charge in [0.25, 0.3) is 0 Å². The van der Waals surface area contributed by atoms with E-state index < -0.39 is 0 Å². The second-order valence-electron chi connectivity index (χ2n) is 13.6. The van der Waals surface area contributed by atoms with Gasteiger partial charge in [0.15, 0.2) is 5.78 Å². The molecule has 0 amide bonds. The molecule has 1 aromatic heterocycles. The first-order valence-electron chi connectivity index (χ1n) is 17.3. The van der Waals surface area contributed by atoms with Gasteiger partial charge in [-0.05, 0) is 78.3 Å². The monoisotopic (exact) mass is 627 g/mol. The van der Waals surface area contributed by atoms with Crippen LogP contribution in [0.3, 0.4) is 0 Å². The van der Waals surface area contributed by atoms with Crippen molar-refractivity contribution in [1.29, 1.82) is 0 Å². The molecule has 5 aromatic rings. The number of para-hydroxylation sites is 1. The number of carbonyl (C=O) groups is 2. The van der Waals surface area contributed by atoms with Gasteiger partial charge in [-0.15, -0.1) is 0 Å². The number of rotatable bonds is 15. The van der Waals surface area contributed by atoms with Gasteiger partial charge in [-0.3, -0.25) is 9.59 Å². The van der Waals surface area contributed by atoms with Crippen LogP contribution in [-0.2, 0) is 35.3 Å². The zero-order chi connectivity index (χ0) is 33.3. The number of hydrogen-bond donors (Lipinski definition) is 0. The molecule has 0 aliphatic rings. The maximum atomic E-state index is 13.8. The summed E-state index contributed by atoms with van der Waals surface area (Å²) in [7, 11) is 0. The predicted molar refractivity (Wildman–Crippen MR) is 193 cm³/mol. The SMILES string of the molecule is CCOC(=O)CCCn1cc(C(=O)c2ccc(CC(c3ccc(CC(C)C)cc3)c3ccc(CC(C)C)cc3)cc2)c2ccccc21. The molecule has 47 heavy (non-hydrogen) atoms. The Hall–Kier alpha value is -4.44. The van der Waals surface area contributed by atoms with Crippen LogP contribution in [-0.4, -0.2) is 22.9 Å². The Morgan fingerprint density at radius 2 is 1.21 bits per heavy atom. The summed E-state index contributed by atoms with van der Waals surface area (Å²) in [5.41, 5.74) is 8.93. The predicted octanol–water partition coefficient (Wildman–Crippen LogP) is 9.99. The van der Waals surface area contributed by atoms with Crippen molar-refractivity contribution in [2.75, 3.05) is 6.61 Å². The number of ether oxygens (including phenoxy) is 1. The fourth-order valence-corrected chi connectivity index (χ4v) is 6.57. The van der Waals surface area contributed by atoms with Gasteiger partial charge < -0.3 is 9.30 Å². The van der Waals surface area contributed by atoms with E-state index in [-0.39, 0.29) is 17.7 Å². The average molecular weight is 628 g/mol. The number of benzene rings is 4. The van der Waals surface area contributed by atoms with Gasteiger partial charge in [0.2, 0.25) is 0 Å². The summed E-state index contributed by atoms with van der Waals surface area (Å²) in [5.74, 6) is 1.28. The maximum absolute atomic E-state index is 13.8. The minimum Gasteiger partial charge on any atom is -0.466 e. The Morgan fingerprint density at radius 3 is 1.77 bits per heavy atom. The molecule has 0 fully saturated rings. The van der Waals surface area contributed by atoms with Crippen molar-refractivity contribution in [2.24, 2.45) is 11.8 Å². The van der Waals surface area contributed by atoms with Gasteiger partial charge in [0.1, 0.15) is 0 Å². The lowest BCUT2D eigenvalue weighted by molar-refractivity contribution is -0.143. The van der Waals surface area contributed by atoms with E-state index in [1.807, 2.05) is 49.5 Å². The molecule has 0 spiro atoms. The van der Waals surface area contributed by atoms with E-state index in [1.165, 1.54) is 27.8 Å². The van der Waals surface area contributed by atoms with Gasteiger partial charge >= 0.3 is 5.97 Å². The van der Waals surface area contributed by atoms with Gasteiger partial charge in [-0.2, -0.15) is 0 Å². The molecule has 244 valence electrons. The smallest absolute Gasteiger partial charge is 0.305 e. The number of fused-ring (bicyclic) bond motifs is 1. The van der Waals surface area contributed by atoms with Crippen molar-refractivity contribution >= 4 is 22.7 Å². The van der Waals surface area contributed by atoms with Crippen LogP contribution in [0, 0.1) is 11.8 Å². The molecule has 0 N–H and O–H groups in total. The molecule has 0 radical (unpaired) electrons. The van der Waals surface area contributed by atoms with Crippen molar-refractivity contribution in [3.05, 3.63) is 142 Å². The van der Waals surface area contributed by atoms with E-state index in [0.717, 1.165) is 30.2 Å². The summed E-state index contributed by atoms with van der Waals surface area (Å²) in [5, 5.41) is 0.930. The van der Waals surface area contributed by atoms with E-state index in [4.69, 9.17) is 4.74 Å². The van der Waals surface area contributed by atoms with Crippen molar-refractivity contribution in [3.63, 3.8) is 0 Å². The highest BCUT2D eigenvalue weighted by molar-refractivity contribution is 6.16. The molecular weight excluding hydrogens is 578 g/mol. The van der Waals surface area contributed by atoms with E-state index in [9.17, 15) is 9.59 Å². The standard InChI is InChI=1S/C43H49NO3/c1-6-47-42(45)12-9-25-44-29-40(38-10-7-8-11-41(38)44)43(46)37-23-17-34(18-24-37)28-39(35-19-13-32(14-20-35)26-30(2)3)36-21-15-33(16-22-36)27-31(4)5/h7-8,10-11,13-24,29-31,39H,6,9,12,25-28H2,1-5H3. The van der Waals surface area contributed by atoms with E-state index in [2.05, 4.69) is 92.9 Å². The number of hydrogen-bond acceptors (Lipinski definition) is 3. The van der Waals surface area contributed by atoms with Gasteiger partial charge in [0.05, 0.1) is 6.61 Å². The van der Waals surface area contributed by atoms with Crippen molar-refractivity contribution in [1.82, 2.24) is 4.57 Å². The molecule has 0 atom stereocenters. The summed E-state index contributed by atoms with van der Waals surface area (Å²) in [6.45, 7) is 11.9. The molecule has 4 nitrogen and oxygen atoms in total. The number of aryl methyl sites for hydroxylation is 1. The normalized spacial score (nSPS) is 11.6. The summed E-state index contributed by atoms with van der Waals surface area (Å²) in [6, 6.07) is 34.5. The lowest BCUT2D eigenvalue weighted by Gasteiger charge is -2.20. The number of ketones is 1. The molecule has 0 aliphatic heterocycles. The minimum atomic E-state index is -0.186. The van der Waals surface area contributed by atoms with E-state index in [1.54, 1.807) is 0 Å². The third-order valence-corrected chi connectivity index (χ3v) is 8.83. The van der Waals surface area contributed by atoms with Gasteiger partial charge in [0, 0.05) is 47.1 Å². The van der Waals surface area contributed by atoms with Crippen LogP contribution in [0.15, 0.2) is 103 Å². The number of carbonyl (C=O) groups excluding carboxylic acids is 2. The quantitative estimate of drug-likeness (QED) is 0.0857. The third kappa shape index (κ3) is 8.88. The zero-order valence-corrected chi connectivity index (χ0v) is 28.7. The summed E-state index contributed by atoms with van der Waals surface area (Å²) in [4.78, 5) is 25.7. The Balaban J connectivity index is 1.37. The first-order chi connectivity index (χ1) is 22.7. The molecule has 1 heterocycles. The van der Waals surface area contributed by atoms with Crippen molar-refractivity contribution in [2.45, 2.75) is 79.2 Å². The van der Waals surface area contributed by atoms with Crippen LogP contribution < -0.4 is 0 Å². The summed E-state index contributed by atoms with van der Waals surface area (Å²) in [6.07, 6.45) is 5.96. The number of nitrogens with zero attached hydrogens (tertiary/aromatic N) is 1. The van der Waals surface area contributed by atoms with Crippen molar-refractivity contribution < 1.29 is 14.3 Å². The van der Waals surface area contributed by atoms with Gasteiger partial charge in [-0.1, -0.05) is 119 Å². The molecule has 0 bridgehead atoms. The topological polar surface area (TPSA) is 48.3 Å². The molecule has 4 aromatic carbocycles. The second kappa shape index (κ2) is 15.9. The number of aromatic nitrogens is 1. The van der Waals surface area contributed by atoms with Crippen LogP contribution in [0.5, 0.6) is 0 Å². The number of esters is 1. The van der Waals surface area contributed by atoms with E-state index in [0.29, 0.717) is 49.0 Å². The van der Waals surface area contributed by atoms with Crippen molar-refractivity contribution in [3.8, 4) is 0 Å². The highest BCUT2D eigenvalue weighted by Crippen LogP contribution is 2.31. The second-order valence-corrected chi connectivity index (χ2v) is 13.6. The molecule has 0 unspecified atom stereocenters. The fraction of sp³-hybridized carbons (Fsp3) is 0.349. The summed E-state index contributed by atoms with van der Waals surface area (Å²) >= 11 is 0. The lowest BCUT2D eigenvalue weighted by Crippen LogP contribution is -2.07. The maximum Gasteiger partial charge on any atom is 0.305 e. The first kappa shape index (κ1) is 33.9. The van der Waals surface area contributed by atoms with Crippen LogP contribution >= 0.6 is 0 Å². The Morgan fingerprint density at radius 1 is 0.681 bits per heavy atom. The highest BCUT2D eigenvalue weighted by atomic mass is 16.5. The minimum absolute atomic E-state index is 0.00919.